The molecule has 106 valence electrons. The monoisotopic (exact) mass is 255 g/mol. The van der Waals surface area contributed by atoms with E-state index in [-0.39, 0.29) is 0 Å². The van der Waals surface area contributed by atoms with E-state index in [1.54, 1.807) is 0 Å². The SMILES string of the molecule is CCCN(CC)N1CCN(N2CCNCC2)CC1. The molecule has 0 spiro atoms. The van der Waals surface area contributed by atoms with Crippen LogP contribution in [-0.4, -0.2) is 85.5 Å². The highest BCUT2D eigenvalue weighted by atomic mass is 15.7. The first kappa shape index (κ1) is 14.2. The number of nitrogens with one attached hydrogen (secondary N) is 1. The molecule has 18 heavy (non-hydrogen) atoms. The number of hydrogen-bond donors (Lipinski definition) is 1. The Bertz CT molecular complexity index is 209. The van der Waals surface area contributed by atoms with Gasteiger partial charge in [0, 0.05) is 65.4 Å². The van der Waals surface area contributed by atoms with Gasteiger partial charge in [0.1, 0.15) is 0 Å². The predicted molar refractivity (Wildman–Crippen MR) is 75.1 cm³/mol. The zero-order chi connectivity index (χ0) is 12.8. The van der Waals surface area contributed by atoms with E-state index in [1.807, 2.05) is 0 Å². The molecule has 0 unspecified atom stereocenters. The van der Waals surface area contributed by atoms with Gasteiger partial charge in [-0.1, -0.05) is 13.8 Å². The van der Waals surface area contributed by atoms with Gasteiger partial charge in [0.25, 0.3) is 0 Å². The first-order chi connectivity index (χ1) is 8.85. The van der Waals surface area contributed by atoms with Crippen molar-refractivity contribution in [3.63, 3.8) is 0 Å². The molecule has 0 bridgehead atoms. The average Bonchev–Trinajstić information content (AvgIpc) is 2.46. The smallest absolute Gasteiger partial charge is 0.0275 e. The van der Waals surface area contributed by atoms with E-state index < -0.39 is 0 Å². The molecule has 0 amide bonds. The van der Waals surface area contributed by atoms with Gasteiger partial charge in [-0.3, -0.25) is 0 Å². The van der Waals surface area contributed by atoms with Crippen molar-refractivity contribution < 1.29 is 0 Å². The third-order valence-corrected chi connectivity index (χ3v) is 3.97. The number of piperazine rings is 2. The summed E-state index contributed by atoms with van der Waals surface area (Å²) in [6.45, 7) is 16.2. The van der Waals surface area contributed by atoms with Crippen LogP contribution in [0.5, 0.6) is 0 Å². The molecule has 0 aromatic heterocycles. The maximum absolute atomic E-state index is 3.42. The van der Waals surface area contributed by atoms with E-state index in [4.69, 9.17) is 0 Å². The standard InChI is InChI=1S/C13H29N5/c1-3-7-15(4-2)17-10-12-18(13-11-17)16-8-5-14-6-9-16/h14H,3-13H2,1-2H3. The number of rotatable bonds is 5. The number of hydrazine groups is 2. The van der Waals surface area contributed by atoms with Crippen LogP contribution in [0, 0.1) is 0 Å². The summed E-state index contributed by atoms with van der Waals surface area (Å²) >= 11 is 0. The Labute approximate surface area is 112 Å². The molecule has 2 heterocycles. The summed E-state index contributed by atoms with van der Waals surface area (Å²) in [5, 5.41) is 13.6. The first-order valence-corrected chi connectivity index (χ1v) is 7.55. The summed E-state index contributed by atoms with van der Waals surface area (Å²) in [5.74, 6) is 0. The third kappa shape index (κ3) is 3.65. The van der Waals surface area contributed by atoms with Crippen LogP contribution < -0.4 is 5.32 Å². The van der Waals surface area contributed by atoms with Crippen LogP contribution in [0.1, 0.15) is 20.3 Å². The Morgan fingerprint density at radius 2 is 1.50 bits per heavy atom. The minimum Gasteiger partial charge on any atom is -0.314 e. The average molecular weight is 255 g/mol. The second-order valence-corrected chi connectivity index (χ2v) is 5.16. The Morgan fingerprint density at radius 1 is 0.889 bits per heavy atom. The normalized spacial score (nSPS) is 24.8. The largest absolute Gasteiger partial charge is 0.314 e. The zero-order valence-electron chi connectivity index (χ0n) is 12.1. The fraction of sp³-hybridized carbons (Fsp3) is 1.00. The summed E-state index contributed by atoms with van der Waals surface area (Å²) in [5.41, 5.74) is 0. The molecule has 0 atom stereocenters. The molecular formula is C13H29N5. The topological polar surface area (TPSA) is 25.0 Å². The fourth-order valence-electron chi connectivity index (χ4n) is 2.94. The lowest BCUT2D eigenvalue weighted by Crippen LogP contribution is -2.60. The molecule has 0 aliphatic carbocycles. The quantitative estimate of drug-likeness (QED) is 0.750. The highest BCUT2D eigenvalue weighted by molar-refractivity contribution is 4.73. The van der Waals surface area contributed by atoms with Crippen LogP contribution in [0.4, 0.5) is 0 Å². The molecule has 2 rings (SSSR count). The van der Waals surface area contributed by atoms with Gasteiger partial charge in [-0.15, -0.1) is 0 Å². The van der Waals surface area contributed by atoms with Crippen molar-refractivity contribution in [3.05, 3.63) is 0 Å². The van der Waals surface area contributed by atoms with Crippen LogP contribution in [0.15, 0.2) is 0 Å². The Kier molecular flexibility index (Phi) is 5.85. The maximum Gasteiger partial charge on any atom is 0.0275 e. The van der Waals surface area contributed by atoms with E-state index in [0.29, 0.717) is 0 Å². The lowest BCUT2D eigenvalue weighted by atomic mass is 10.3. The Morgan fingerprint density at radius 3 is 2.06 bits per heavy atom. The van der Waals surface area contributed by atoms with Gasteiger partial charge in [0.15, 0.2) is 0 Å². The molecule has 0 saturated carbocycles. The lowest BCUT2D eigenvalue weighted by molar-refractivity contribution is -0.116. The summed E-state index contributed by atoms with van der Waals surface area (Å²) in [6.07, 6.45) is 1.24. The Hall–Kier alpha value is -0.200. The highest BCUT2D eigenvalue weighted by Gasteiger charge is 2.25. The summed E-state index contributed by atoms with van der Waals surface area (Å²) in [7, 11) is 0. The van der Waals surface area contributed by atoms with Crippen molar-refractivity contribution in [3.8, 4) is 0 Å². The number of hydrogen-bond acceptors (Lipinski definition) is 5. The van der Waals surface area contributed by atoms with Gasteiger partial charge >= 0.3 is 0 Å². The predicted octanol–water partition coefficient (Wildman–Crippen LogP) is 0.0711. The van der Waals surface area contributed by atoms with Crippen LogP contribution in [-0.2, 0) is 0 Å². The van der Waals surface area contributed by atoms with Crippen molar-refractivity contribution in [2.24, 2.45) is 0 Å². The maximum atomic E-state index is 3.42. The zero-order valence-corrected chi connectivity index (χ0v) is 12.1. The van der Waals surface area contributed by atoms with Crippen LogP contribution >= 0.6 is 0 Å². The molecule has 0 aromatic rings. The molecule has 2 aliphatic rings. The van der Waals surface area contributed by atoms with Gasteiger partial charge in [-0.25, -0.2) is 20.0 Å². The molecule has 2 fully saturated rings. The van der Waals surface area contributed by atoms with E-state index in [0.717, 1.165) is 19.6 Å². The molecule has 0 radical (unpaired) electrons. The second kappa shape index (κ2) is 7.40. The van der Waals surface area contributed by atoms with Crippen molar-refractivity contribution in [1.82, 2.24) is 25.4 Å². The molecule has 5 heteroatoms. The molecule has 2 aliphatic heterocycles. The summed E-state index contributed by atoms with van der Waals surface area (Å²) < 4.78 is 0. The molecular weight excluding hydrogens is 226 g/mol. The van der Waals surface area contributed by atoms with E-state index >= 15 is 0 Å². The number of nitrogens with zero attached hydrogens (tertiary/aromatic N) is 4. The second-order valence-electron chi connectivity index (χ2n) is 5.16. The molecule has 0 aromatic carbocycles. The van der Waals surface area contributed by atoms with Gasteiger partial charge < -0.3 is 5.32 Å². The van der Waals surface area contributed by atoms with Crippen molar-refractivity contribution in [2.75, 3.05) is 65.4 Å². The van der Waals surface area contributed by atoms with Crippen molar-refractivity contribution in [2.45, 2.75) is 20.3 Å². The minimum absolute atomic E-state index is 1.14. The highest BCUT2D eigenvalue weighted by Crippen LogP contribution is 2.09. The lowest BCUT2D eigenvalue weighted by Gasteiger charge is -2.45. The Balaban J connectivity index is 1.76. The van der Waals surface area contributed by atoms with Gasteiger partial charge in [-0.05, 0) is 6.42 Å². The van der Waals surface area contributed by atoms with Gasteiger partial charge in [-0.2, -0.15) is 0 Å². The van der Waals surface area contributed by atoms with Gasteiger partial charge in [0.2, 0.25) is 0 Å². The van der Waals surface area contributed by atoms with Crippen LogP contribution in [0.2, 0.25) is 0 Å². The van der Waals surface area contributed by atoms with Crippen LogP contribution in [0.25, 0.3) is 0 Å². The van der Waals surface area contributed by atoms with Gasteiger partial charge in [0.05, 0.1) is 0 Å². The van der Waals surface area contributed by atoms with E-state index in [9.17, 15) is 0 Å². The van der Waals surface area contributed by atoms with Crippen LogP contribution in [0.3, 0.4) is 0 Å². The molecule has 2 saturated heterocycles. The molecule has 5 nitrogen and oxygen atoms in total. The molecule has 1 N–H and O–H groups in total. The van der Waals surface area contributed by atoms with E-state index in [1.165, 1.54) is 52.2 Å². The fourth-order valence-corrected chi connectivity index (χ4v) is 2.94. The summed E-state index contributed by atoms with van der Waals surface area (Å²) in [4.78, 5) is 0. The van der Waals surface area contributed by atoms with Crippen molar-refractivity contribution >= 4 is 0 Å². The summed E-state index contributed by atoms with van der Waals surface area (Å²) in [6, 6.07) is 0. The third-order valence-electron chi connectivity index (χ3n) is 3.97. The van der Waals surface area contributed by atoms with Crippen molar-refractivity contribution in [1.29, 1.82) is 0 Å². The first-order valence-electron chi connectivity index (χ1n) is 7.55. The van der Waals surface area contributed by atoms with E-state index in [2.05, 4.69) is 39.2 Å². The minimum atomic E-state index is 1.14.